The van der Waals surface area contributed by atoms with E-state index in [1.807, 2.05) is 91.0 Å². The van der Waals surface area contributed by atoms with Gasteiger partial charge in [-0.1, -0.05) is 121 Å². The van der Waals surface area contributed by atoms with Crippen LogP contribution in [0.4, 0.5) is 0 Å². The van der Waals surface area contributed by atoms with Gasteiger partial charge in [-0.15, -0.1) is 0 Å². The molecule has 2 aliphatic rings. The molecule has 0 atom stereocenters. The van der Waals surface area contributed by atoms with E-state index in [-0.39, 0.29) is 0 Å². The predicted octanol–water partition coefficient (Wildman–Crippen LogP) is 7.96. The summed E-state index contributed by atoms with van der Waals surface area (Å²) in [6.07, 6.45) is 15.0. The molecule has 0 amide bonds. The topological polar surface area (TPSA) is 93.1 Å². The second kappa shape index (κ2) is 12.4. The first-order chi connectivity index (χ1) is 24.3. The number of benzene rings is 4. The molecule has 7 nitrogen and oxygen atoms in total. The van der Waals surface area contributed by atoms with Crippen LogP contribution in [-0.4, -0.2) is 34.9 Å². The number of fused-ring (bicyclic) bond motifs is 3. The number of hydrogen-bond donors (Lipinski definition) is 1. The minimum atomic E-state index is 0.584. The highest BCUT2D eigenvalue weighted by Crippen LogP contribution is 2.33. The van der Waals surface area contributed by atoms with Crippen molar-refractivity contribution >= 4 is 28.6 Å². The first-order valence-electron chi connectivity index (χ1n) is 16.7. The number of allylic oxidation sites excluding steroid dienone is 4. The summed E-state index contributed by atoms with van der Waals surface area (Å²) in [6.45, 7) is 0. The molecule has 0 radical (unpaired) electrons. The van der Waals surface area contributed by atoms with Gasteiger partial charge in [-0.05, 0) is 37.8 Å². The van der Waals surface area contributed by atoms with Crippen LogP contribution in [0.15, 0.2) is 121 Å². The Bertz CT molecular complexity index is 2480. The lowest BCUT2D eigenvalue weighted by molar-refractivity contribution is 1.01. The van der Waals surface area contributed by atoms with Crippen LogP contribution in [0, 0.1) is 0 Å². The summed E-state index contributed by atoms with van der Waals surface area (Å²) in [5.74, 6) is 3.70. The Morgan fingerprint density at radius 2 is 0.959 bits per heavy atom. The monoisotopic (exact) mass is 633 g/mol. The first kappa shape index (κ1) is 28.8. The molecule has 0 bridgehead atoms. The third kappa shape index (κ3) is 5.55. The van der Waals surface area contributed by atoms with E-state index in [0.717, 1.165) is 75.3 Å². The van der Waals surface area contributed by atoms with Crippen molar-refractivity contribution in [3.63, 3.8) is 0 Å². The van der Waals surface area contributed by atoms with Gasteiger partial charge in [0.15, 0.2) is 34.9 Å². The average molecular weight is 634 g/mol. The summed E-state index contributed by atoms with van der Waals surface area (Å²) >= 11 is 0. The van der Waals surface area contributed by atoms with Crippen molar-refractivity contribution in [3.05, 3.63) is 138 Å². The lowest BCUT2D eigenvalue weighted by atomic mass is 10.0. The number of hydrogen-bond acceptors (Lipinski definition) is 6. The van der Waals surface area contributed by atoms with Crippen LogP contribution in [0.5, 0.6) is 0 Å². The normalized spacial score (nSPS) is 13.8. The molecular formula is C42H31N7. The number of nitrogens with zero attached hydrogens (tertiary/aromatic N) is 6. The molecule has 0 unspecified atom stereocenters. The fourth-order valence-corrected chi connectivity index (χ4v) is 6.54. The van der Waals surface area contributed by atoms with E-state index < -0.39 is 0 Å². The third-order valence-electron chi connectivity index (χ3n) is 8.96. The lowest BCUT2D eigenvalue weighted by Gasteiger charge is -2.13. The molecule has 0 aliphatic heterocycles. The van der Waals surface area contributed by atoms with Gasteiger partial charge < -0.3 is 4.98 Å². The van der Waals surface area contributed by atoms with E-state index in [4.69, 9.17) is 29.9 Å². The van der Waals surface area contributed by atoms with Crippen molar-refractivity contribution in [1.82, 2.24) is 34.9 Å². The molecule has 3 aromatic heterocycles. The van der Waals surface area contributed by atoms with Crippen LogP contribution in [0.25, 0.3) is 85.6 Å². The molecule has 1 N–H and O–H groups in total. The van der Waals surface area contributed by atoms with E-state index in [0.29, 0.717) is 34.9 Å². The Kier molecular flexibility index (Phi) is 7.27. The van der Waals surface area contributed by atoms with Gasteiger partial charge in [0.1, 0.15) is 0 Å². The molecule has 3 heterocycles. The maximum absolute atomic E-state index is 5.14. The van der Waals surface area contributed by atoms with Crippen LogP contribution in [0.1, 0.15) is 31.5 Å². The first-order valence-corrected chi connectivity index (χ1v) is 16.7. The highest BCUT2D eigenvalue weighted by Gasteiger charge is 2.20. The Morgan fingerprint density at radius 1 is 0.449 bits per heavy atom. The molecule has 234 valence electrons. The highest BCUT2D eigenvalue weighted by atomic mass is 15.0. The summed E-state index contributed by atoms with van der Waals surface area (Å²) in [7, 11) is 0. The van der Waals surface area contributed by atoms with Crippen molar-refractivity contribution in [3.8, 4) is 56.9 Å². The van der Waals surface area contributed by atoms with Gasteiger partial charge >= 0.3 is 0 Å². The van der Waals surface area contributed by atoms with Crippen molar-refractivity contribution < 1.29 is 0 Å². The van der Waals surface area contributed by atoms with Gasteiger partial charge in [-0.2, -0.15) is 0 Å². The molecule has 2 aliphatic carbocycles. The van der Waals surface area contributed by atoms with E-state index in [1.165, 1.54) is 5.22 Å². The molecule has 7 heteroatoms. The number of rotatable bonds is 6. The predicted molar refractivity (Wildman–Crippen MR) is 196 cm³/mol. The van der Waals surface area contributed by atoms with Gasteiger partial charge in [-0.25, -0.2) is 29.9 Å². The van der Waals surface area contributed by atoms with Gasteiger partial charge in [0.2, 0.25) is 0 Å². The van der Waals surface area contributed by atoms with Crippen molar-refractivity contribution in [2.24, 2.45) is 0 Å². The summed E-state index contributed by atoms with van der Waals surface area (Å²) in [5, 5.41) is 3.38. The average Bonchev–Trinajstić information content (AvgIpc) is 3.57. The zero-order valence-corrected chi connectivity index (χ0v) is 26.7. The van der Waals surface area contributed by atoms with E-state index in [9.17, 15) is 0 Å². The van der Waals surface area contributed by atoms with Gasteiger partial charge in [0.25, 0.3) is 0 Å². The smallest absolute Gasteiger partial charge is 0.166 e. The molecule has 0 spiro atoms. The Morgan fingerprint density at radius 3 is 1.55 bits per heavy atom. The van der Waals surface area contributed by atoms with Crippen LogP contribution in [0.3, 0.4) is 0 Å². The zero-order valence-electron chi connectivity index (χ0n) is 26.7. The Hall–Kier alpha value is -6.34. The zero-order chi connectivity index (χ0) is 32.6. The second-order valence-electron chi connectivity index (χ2n) is 12.2. The molecule has 7 aromatic rings. The summed E-state index contributed by atoms with van der Waals surface area (Å²) in [6, 6.07) is 34.5. The number of nitrogens with one attached hydrogen (secondary N) is 1. The summed E-state index contributed by atoms with van der Waals surface area (Å²) < 4.78 is 0. The fraction of sp³-hybridized carbons (Fsp3) is 0.0952. The molecule has 0 fully saturated rings. The van der Waals surface area contributed by atoms with Gasteiger partial charge in [-0.3, -0.25) is 0 Å². The SMILES string of the molecule is C1=CC(c2nc(-c3ccccc3)nc(-c3cc(-c4nc(-c5ccccc5)nc(-c5ccccc5)n4)cc4c5c([nH]c34)=CCCC=5)n2)=CCC1. The van der Waals surface area contributed by atoms with E-state index in [2.05, 4.69) is 47.5 Å². The van der Waals surface area contributed by atoms with Crippen LogP contribution >= 0.6 is 0 Å². The third-order valence-corrected chi connectivity index (χ3v) is 8.96. The van der Waals surface area contributed by atoms with E-state index in [1.54, 1.807) is 0 Å². The maximum Gasteiger partial charge on any atom is 0.166 e. The number of H-pyrrole nitrogens is 1. The molecule has 4 aromatic carbocycles. The van der Waals surface area contributed by atoms with Crippen molar-refractivity contribution in [2.75, 3.05) is 0 Å². The largest absolute Gasteiger partial charge is 0.354 e. The second-order valence-corrected chi connectivity index (χ2v) is 12.2. The maximum atomic E-state index is 5.14. The summed E-state index contributed by atoms with van der Waals surface area (Å²) in [4.78, 5) is 34.0. The molecule has 0 saturated carbocycles. The molecule has 49 heavy (non-hydrogen) atoms. The number of aromatic amines is 1. The molecule has 0 saturated heterocycles. The molecule has 9 rings (SSSR count). The number of aromatic nitrogens is 7. The van der Waals surface area contributed by atoms with Crippen LogP contribution in [0.2, 0.25) is 0 Å². The van der Waals surface area contributed by atoms with E-state index >= 15 is 0 Å². The Labute approximate surface area is 283 Å². The fourth-order valence-electron chi connectivity index (χ4n) is 6.54. The van der Waals surface area contributed by atoms with Crippen molar-refractivity contribution in [2.45, 2.75) is 25.7 Å². The Balaban J connectivity index is 1.32. The van der Waals surface area contributed by atoms with Crippen LogP contribution in [-0.2, 0) is 0 Å². The lowest BCUT2D eigenvalue weighted by Crippen LogP contribution is -2.24. The minimum absolute atomic E-state index is 0.584. The standard InChI is InChI=1S/C42H31N7/c1-5-15-27(16-6-1)37-44-38(28-17-7-2-8-18-28)47-41(46-37)31-25-33-32-23-13-14-24-35(32)43-36(33)34(26-31)42-48-39(29-19-9-3-10-20-29)45-40(49-42)30-21-11-4-12-22-30/h1-3,5-11,15-26,43H,4,12-14H2. The molecular weight excluding hydrogens is 603 g/mol. The quantitative estimate of drug-likeness (QED) is 0.200. The highest BCUT2D eigenvalue weighted by molar-refractivity contribution is 5.97. The van der Waals surface area contributed by atoms with Crippen LogP contribution < -0.4 is 10.6 Å². The summed E-state index contributed by atoms with van der Waals surface area (Å²) in [5.41, 5.74) is 6.50. The van der Waals surface area contributed by atoms with Gasteiger partial charge in [0.05, 0.1) is 5.52 Å². The minimum Gasteiger partial charge on any atom is -0.354 e. The van der Waals surface area contributed by atoms with Crippen molar-refractivity contribution in [1.29, 1.82) is 0 Å². The van der Waals surface area contributed by atoms with Gasteiger partial charge in [0, 0.05) is 49.3 Å².